The lowest BCUT2D eigenvalue weighted by atomic mass is 10.1. The van der Waals surface area contributed by atoms with Crippen molar-refractivity contribution in [2.75, 3.05) is 6.61 Å². The number of rotatable bonds is 2. The number of nitrogens with zero attached hydrogens (tertiary/aromatic N) is 1. The van der Waals surface area contributed by atoms with Gasteiger partial charge in [-0.15, -0.1) is 0 Å². The van der Waals surface area contributed by atoms with Gasteiger partial charge in [0.25, 0.3) is 0 Å². The molecule has 0 aromatic carbocycles. The number of fused-ring (bicyclic) bond motifs is 1. The highest BCUT2D eigenvalue weighted by Gasteiger charge is 2.00. The van der Waals surface area contributed by atoms with Gasteiger partial charge in [0.15, 0.2) is 0 Å². The Morgan fingerprint density at radius 3 is 3.08 bits per heavy atom. The summed E-state index contributed by atoms with van der Waals surface area (Å²) in [7, 11) is 0. The van der Waals surface area contributed by atoms with Crippen molar-refractivity contribution < 1.29 is 4.74 Å². The van der Waals surface area contributed by atoms with E-state index in [1.807, 2.05) is 13.0 Å². The molecule has 2 rings (SSSR count). The Labute approximate surface area is 77.6 Å². The van der Waals surface area contributed by atoms with Crippen LogP contribution < -0.4 is 15.3 Å². The van der Waals surface area contributed by atoms with Gasteiger partial charge in [0.1, 0.15) is 5.75 Å². The molecule has 0 fully saturated rings. The van der Waals surface area contributed by atoms with Crippen LogP contribution in [0.3, 0.4) is 0 Å². The molecule has 2 nitrogen and oxygen atoms in total. The highest BCUT2D eigenvalue weighted by atomic mass is 16.5. The summed E-state index contributed by atoms with van der Waals surface area (Å²) < 4.78 is 5.51. The van der Waals surface area contributed by atoms with E-state index in [2.05, 4.69) is 17.1 Å². The van der Waals surface area contributed by atoms with E-state index in [-0.39, 0.29) is 0 Å². The fourth-order valence-corrected chi connectivity index (χ4v) is 1.57. The lowest BCUT2D eigenvalue weighted by molar-refractivity contribution is 0.336. The molecule has 0 unspecified atom stereocenters. The Bertz CT molecular complexity index is 409. The molecule has 0 saturated carbocycles. The Kier molecular flexibility index (Phi) is 2.30. The average Bonchev–Trinajstić information content (AvgIpc) is 2.19. The lowest BCUT2D eigenvalue weighted by Gasteiger charge is -2.06. The molecule has 68 valence electrons. The predicted molar refractivity (Wildman–Crippen MR) is 52.8 cm³/mol. The van der Waals surface area contributed by atoms with E-state index >= 15 is 0 Å². The monoisotopic (exact) mass is 175 g/mol. The van der Waals surface area contributed by atoms with Gasteiger partial charge in [-0.1, -0.05) is 12.2 Å². The Balaban J connectivity index is 2.60. The molecular weight excluding hydrogens is 162 g/mol. The zero-order chi connectivity index (χ0) is 9.10. The molecule has 0 amide bonds. The average molecular weight is 175 g/mol. The number of aromatic nitrogens is 1. The molecular formula is C11H13NO. The fourth-order valence-electron chi connectivity index (χ4n) is 1.57. The second kappa shape index (κ2) is 3.60. The molecule has 1 heterocycles. The van der Waals surface area contributed by atoms with E-state index in [4.69, 9.17) is 4.74 Å². The van der Waals surface area contributed by atoms with Crippen LogP contribution in [0, 0.1) is 0 Å². The molecule has 1 aliphatic carbocycles. The molecule has 1 aromatic rings. The SMILES string of the molecule is CCOc1ccnc2c1=CCCC=2. The topological polar surface area (TPSA) is 22.1 Å². The summed E-state index contributed by atoms with van der Waals surface area (Å²) >= 11 is 0. The van der Waals surface area contributed by atoms with E-state index in [0.717, 1.165) is 29.2 Å². The summed E-state index contributed by atoms with van der Waals surface area (Å²) in [6.07, 6.45) is 8.36. The first-order valence-electron chi connectivity index (χ1n) is 4.70. The smallest absolute Gasteiger partial charge is 0.129 e. The Hall–Kier alpha value is -1.31. The van der Waals surface area contributed by atoms with Crippen LogP contribution in [0.1, 0.15) is 19.8 Å². The van der Waals surface area contributed by atoms with Crippen molar-refractivity contribution in [3.05, 3.63) is 22.8 Å². The standard InChI is InChI=1S/C11H13NO/c1-2-13-11-7-8-12-10-6-4-3-5-9(10)11/h5-8H,2-4H2,1H3. The van der Waals surface area contributed by atoms with Crippen molar-refractivity contribution >= 4 is 12.2 Å². The minimum atomic E-state index is 0.713. The van der Waals surface area contributed by atoms with Crippen LogP contribution in [0.15, 0.2) is 12.3 Å². The molecule has 0 spiro atoms. The van der Waals surface area contributed by atoms with Crippen LogP contribution in [0.2, 0.25) is 0 Å². The predicted octanol–water partition coefficient (Wildman–Crippen LogP) is 0.835. The molecule has 0 saturated heterocycles. The van der Waals surface area contributed by atoms with Gasteiger partial charge >= 0.3 is 0 Å². The van der Waals surface area contributed by atoms with Gasteiger partial charge in [0, 0.05) is 11.4 Å². The third kappa shape index (κ3) is 1.57. The van der Waals surface area contributed by atoms with Crippen molar-refractivity contribution in [2.24, 2.45) is 0 Å². The second-order valence-electron chi connectivity index (χ2n) is 3.03. The van der Waals surface area contributed by atoms with Crippen LogP contribution >= 0.6 is 0 Å². The molecule has 0 atom stereocenters. The Morgan fingerprint density at radius 1 is 1.38 bits per heavy atom. The van der Waals surface area contributed by atoms with Gasteiger partial charge in [-0.3, -0.25) is 4.98 Å². The van der Waals surface area contributed by atoms with Crippen LogP contribution in [0.4, 0.5) is 0 Å². The first kappa shape index (κ1) is 8.30. The summed E-state index contributed by atoms with van der Waals surface area (Å²) in [4.78, 5) is 4.30. The largest absolute Gasteiger partial charge is 0.493 e. The van der Waals surface area contributed by atoms with E-state index in [0.29, 0.717) is 6.61 Å². The van der Waals surface area contributed by atoms with Crippen molar-refractivity contribution in [3.8, 4) is 5.75 Å². The summed E-state index contributed by atoms with van der Waals surface area (Å²) in [5.41, 5.74) is 0. The maximum absolute atomic E-state index is 5.51. The third-order valence-corrected chi connectivity index (χ3v) is 2.13. The van der Waals surface area contributed by atoms with Gasteiger partial charge in [-0.2, -0.15) is 0 Å². The Morgan fingerprint density at radius 2 is 2.23 bits per heavy atom. The fraction of sp³-hybridized carbons (Fsp3) is 0.364. The van der Waals surface area contributed by atoms with Gasteiger partial charge in [-0.25, -0.2) is 0 Å². The molecule has 0 bridgehead atoms. The molecule has 0 aliphatic heterocycles. The summed E-state index contributed by atoms with van der Waals surface area (Å²) in [6.45, 7) is 2.71. The lowest BCUT2D eigenvalue weighted by Crippen LogP contribution is -2.31. The van der Waals surface area contributed by atoms with Crippen LogP contribution in [0.5, 0.6) is 5.75 Å². The highest BCUT2D eigenvalue weighted by molar-refractivity contribution is 5.41. The number of hydrogen-bond acceptors (Lipinski definition) is 2. The molecule has 0 radical (unpaired) electrons. The van der Waals surface area contributed by atoms with Crippen LogP contribution in [0.25, 0.3) is 12.2 Å². The summed E-state index contributed by atoms with van der Waals surface area (Å²) in [5.74, 6) is 0.962. The summed E-state index contributed by atoms with van der Waals surface area (Å²) in [5, 5.41) is 2.23. The number of ether oxygens (including phenoxy) is 1. The van der Waals surface area contributed by atoms with Crippen LogP contribution in [-0.4, -0.2) is 11.6 Å². The van der Waals surface area contributed by atoms with E-state index < -0.39 is 0 Å². The van der Waals surface area contributed by atoms with Crippen molar-refractivity contribution in [3.63, 3.8) is 0 Å². The minimum Gasteiger partial charge on any atom is -0.493 e. The third-order valence-electron chi connectivity index (χ3n) is 2.13. The zero-order valence-corrected chi connectivity index (χ0v) is 7.79. The van der Waals surface area contributed by atoms with Crippen molar-refractivity contribution in [2.45, 2.75) is 19.8 Å². The maximum atomic E-state index is 5.51. The van der Waals surface area contributed by atoms with Gasteiger partial charge in [-0.05, 0) is 25.8 Å². The normalized spacial score (nSPS) is 13.9. The molecule has 1 aromatic heterocycles. The van der Waals surface area contributed by atoms with Gasteiger partial charge in [0.05, 0.1) is 12.0 Å². The van der Waals surface area contributed by atoms with Gasteiger partial charge in [0.2, 0.25) is 0 Å². The van der Waals surface area contributed by atoms with Crippen LogP contribution in [-0.2, 0) is 0 Å². The minimum absolute atomic E-state index is 0.713. The molecule has 1 aliphatic rings. The molecule has 0 N–H and O–H groups in total. The van der Waals surface area contributed by atoms with Gasteiger partial charge < -0.3 is 4.74 Å². The second-order valence-corrected chi connectivity index (χ2v) is 3.03. The maximum Gasteiger partial charge on any atom is 0.129 e. The van der Waals surface area contributed by atoms with Crippen molar-refractivity contribution in [1.29, 1.82) is 0 Å². The quantitative estimate of drug-likeness (QED) is 0.664. The highest BCUT2D eigenvalue weighted by Crippen LogP contribution is 2.02. The molecule has 2 heteroatoms. The first-order chi connectivity index (χ1) is 6.42. The number of hydrogen-bond donors (Lipinski definition) is 0. The zero-order valence-electron chi connectivity index (χ0n) is 7.79. The molecule has 13 heavy (non-hydrogen) atoms. The van der Waals surface area contributed by atoms with Crippen molar-refractivity contribution in [1.82, 2.24) is 4.98 Å². The van der Waals surface area contributed by atoms with E-state index in [1.165, 1.54) is 0 Å². The number of pyridine rings is 1. The summed E-state index contributed by atoms with van der Waals surface area (Å²) in [6, 6.07) is 1.93. The first-order valence-corrected chi connectivity index (χ1v) is 4.70. The van der Waals surface area contributed by atoms with E-state index in [1.54, 1.807) is 6.20 Å². The van der Waals surface area contributed by atoms with E-state index in [9.17, 15) is 0 Å².